The van der Waals surface area contributed by atoms with Crippen molar-refractivity contribution < 1.29 is 23.7 Å². The predicted molar refractivity (Wildman–Crippen MR) is 112 cm³/mol. The van der Waals surface area contributed by atoms with Gasteiger partial charge in [0.2, 0.25) is 0 Å². The van der Waals surface area contributed by atoms with E-state index in [0.29, 0.717) is 25.7 Å². The molecule has 3 unspecified atom stereocenters. The lowest BCUT2D eigenvalue weighted by atomic mass is 9.95. The Kier molecular flexibility index (Phi) is 8.11. The highest BCUT2D eigenvalue weighted by molar-refractivity contribution is 5.13. The molecule has 0 saturated carbocycles. The van der Waals surface area contributed by atoms with Crippen molar-refractivity contribution in [1.29, 1.82) is 0 Å². The summed E-state index contributed by atoms with van der Waals surface area (Å²) in [5.41, 5.74) is 1.22. The number of rotatable bonds is 11. The van der Waals surface area contributed by atoms with Gasteiger partial charge in [0.15, 0.2) is 11.6 Å². The van der Waals surface area contributed by atoms with Crippen LogP contribution in [0.3, 0.4) is 0 Å². The van der Waals surface area contributed by atoms with Crippen LogP contribution in [0.25, 0.3) is 0 Å². The normalized spacial score (nSPS) is 26.6. The zero-order valence-corrected chi connectivity index (χ0v) is 18.5. The van der Waals surface area contributed by atoms with Crippen molar-refractivity contribution in [3.63, 3.8) is 0 Å². The maximum atomic E-state index is 6.07. The number of ether oxygens (including phenoxy) is 5. The van der Waals surface area contributed by atoms with E-state index in [2.05, 4.69) is 24.3 Å². The Labute approximate surface area is 176 Å². The average Bonchev–Trinajstić information content (AvgIpc) is 3.20. The summed E-state index contributed by atoms with van der Waals surface area (Å²) in [5, 5.41) is 0. The highest BCUT2D eigenvalue weighted by Crippen LogP contribution is 2.29. The molecule has 0 amide bonds. The lowest BCUT2D eigenvalue weighted by Crippen LogP contribution is -2.22. The van der Waals surface area contributed by atoms with Gasteiger partial charge < -0.3 is 23.7 Å². The van der Waals surface area contributed by atoms with Crippen LogP contribution < -0.4 is 0 Å². The van der Waals surface area contributed by atoms with Crippen LogP contribution in [0.2, 0.25) is 0 Å². The van der Waals surface area contributed by atoms with Gasteiger partial charge >= 0.3 is 0 Å². The lowest BCUT2D eigenvalue weighted by molar-refractivity contribution is -0.140. The standard InChI is InChI=1S/C24H38O5/c1-23(2)26-17-21(28-23)12-8-11-20(13-14-22-18-27-24(3,4)29-22)16-25-15-19-9-6-5-7-10-19/h5-7,9-10,20-22H,8,11-18H2,1-4H3. The average molecular weight is 407 g/mol. The molecule has 0 N–H and O–H groups in total. The van der Waals surface area contributed by atoms with E-state index in [4.69, 9.17) is 23.7 Å². The summed E-state index contributed by atoms with van der Waals surface area (Å²) >= 11 is 0. The molecule has 164 valence electrons. The first-order valence-electron chi connectivity index (χ1n) is 11.1. The minimum atomic E-state index is -0.448. The second-order valence-electron chi connectivity index (χ2n) is 9.28. The molecule has 3 atom stereocenters. The van der Waals surface area contributed by atoms with Crippen LogP contribution in [-0.4, -0.2) is 43.6 Å². The first-order valence-corrected chi connectivity index (χ1v) is 11.1. The largest absolute Gasteiger partial charge is 0.376 e. The Morgan fingerprint density at radius 3 is 2.10 bits per heavy atom. The molecule has 5 nitrogen and oxygen atoms in total. The van der Waals surface area contributed by atoms with Crippen LogP contribution in [0.1, 0.15) is 65.4 Å². The number of hydrogen-bond acceptors (Lipinski definition) is 5. The molecule has 0 radical (unpaired) electrons. The smallest absolute Gasteiger partial charge is 0.163 e. The molecule has 2 fully saturated rings. The molecule has 1 aromatic carbocycles. The summed E-state index contributed by atoms with van der Waals surface area (Å²) < 4.78 is 29.4. The molecule has 1 aromatic rings. The van der Waals surface area contributed by atoms with E-state index in [-0.39, 0.29) is 12.2 Å². The fourth-order valence-corrected chi connectivity index (χ4v) is 4.10. The van der Waals surface area contributed by atoms with Crippen molar-refractivity contribution in [2.24, 2.45) is 5.92 Å². The van der Waals surface area contributed by atoms with E-state index in [1.807, 2.05) is 33.8 Å². The summed E-state index contributed by atoms with van der Waals surface area (Å²) in [6.07, 6.45) is 5.79. The second-order valence-corrected chi connectivity index (χ2v) is 9.28. The van der Waals surface area contributed by atoms with Gasteiger partial charge in [-0.1, -0.05) is 36.8 Å². The van der Waals surface area contributed by atoms with Crippen LogP contribution >= 0.6 is 0 Å². The third-order valence-electron chi connectivity index (χ3n) is 5.64. The van der Waals surface area contributed by atoms with Gasteiger partial charge in [-0.25, -0.2) is 0 Å². The Hall–Kier alpha value is -0.980. The number of benzene rings is 1. The highest BCUT2D eigenvalue weighted by Gasteiger charge is 2.33. The van der Waals surface area contributed by atoms with Gasteiger partial charge in [-0.05, 0) is 64.9 Å². The Morgan fingerprint density at radius 2 is 1.52 bits per heavy atom. The van der Waals surface area contributed by atoms with Crippen LogP contribution in [0.15, 0.2) is 30.3 Å². The third kappa shape index (κ3) is 7.99. The van der Waals surface area contributed by atoms with Crippen molar-refractivity contribution in [2.75, 3.05) is 19.8 Å². The highest BCUT2D eigenvalue weighted by atomic mass is 16.7. The molecular formula is C24H38O5. The SMILES string of the molecule is CC1(C)OCC(CCCC(CCC2COC(C)(C)O2)COCc2ccccc2)O1. The summed E-state index contributed by atoms with van der Waals surface area (Å²) in [6.45, 7) is 10.8. The van der Waals surface area contributed by atoms with Crippen LogP contribution in [0.5, 0.6) is 0 Å². The number of hydrogen-bond donors (Lipinski definition) is 0. The monoisotopic (exact) mass is 406 g/mol. The lowest BCUT2D eigenvalue weighted by Gasteiger charge is -2.21. The van der Waals surface area contributed by atoms with Gasteiger partial charge in [-0.3, -0.25) is 0 Å². The van der Waals surface area contributed by atoms with Crippen molar-refractivity contribution in [3.8, 4) is 0 Å². The minimum Gasteiger partial charge on any atom is -0.376 e. The van der Waals surface area contributed by atoms with Gasteiger partial charge in [-0.15, -0.1) is 0 Å². The maximum absolute atomic E-state index is 6.07. The molecule has 0 spiro atoms. The fourth-order valence-electron chi connectivity index (χ4n) is 4.10. The molecule has 0 aromatic heterocycles. The van der Waals surface area contributed by atoms with Crippen LogP contribution in [0, 0.1) is 5.92 Å². The summed E-state index contributed by atoms with van der Waals surface area (Å²) in [5.74, 6) is -0.368. The molecule has 0 aliphatic carbocycles. The molecule has 0 bridgehead atoms. The van der Waals surface area contributed by atoms with Crippen LogP contribution in [0.4, 0.5) is 0 Å². The summed E-state index contributed by atoms with van der Waals surface area (Å²) in [4.78, 5) is 0. The third-order valence-corrected chi connectivity index (χ3v) is 5.64. The Balaban J connectivity index is 1.42. The molecule has 2 heterocycles. The summed E-state index contributed by atoms with van der Waals surface area (Å²) in [7, 11) is 0. The predicted octanol–water partition coefficient (Wildman–Crippen LogP) is 5.07. The van der Waals surface area contributed by atoms with Gasteiger partial charge in [0, 0.05) is 6.61 Å². The first kappa shape index (κ1) is 22.7. The van der Waals surface area contributed by atoms with Gasteiger partial charge in [-0.2, -0.15) is 0 Å². The minimum absolute atomic E-state index is 0.189. The topological polar surface area (TPSA) is 46.2 Å². The first-order chi connectivity index (χ1) is 13.8. The van der Waals surface area contributed by atoms with E-state index >= 15 is 0 Å². The quantitative estimate of drug-likeness (QED) is 0.513. The van der Waals surface area contributed by atoms with E-state index in [1.165, 1.54) is 5.56 Å². The molecule has 29 heavy (non-hydrogen) atoms. The molecule has 3 rings (SSSR count). The van der Waals surface area contributed by atoms with Gasteiger partial charge in [0.25, 0.3) is 0 Å². The van der Waals surface area contributed by atoms with Crippen LogP contribution in [-0.2, 0) is 30.3 Å². The van der Waals surface area contributed by atoms with Gasteiger partial charge in [0.1, 0.15) is 0 Å². The fraction of sp³-hybridized carbons (Fsp3) is 0.750. The van der Waals surface area contributed by atoms with E-state index in [1.54, 1.807) is 0 Å². The van der Waals surface area contributed by atoms with E-state index < -0.39 is 11.6 Å². The van der Waals surface area contributed by atoms with Crippen molar-refractivity contribution in [3.05, 3.63) is 35.9 Å². The molecule has 2 saturated heterocycles. The second kappa shape index (κ2) is 10.4. The summed E-state index contributed by atoms with van der Waals surface area (Å²) in [6, 6.07) is 10.4. The maximum Gasteiger partial charge on any atom is 0.163 e. The molecule has 5 heteroatoms. The van der Waals surface area contributed by atoms with Gasteiger partial charge in [0.05, 0.1) is 32.0 Å². The van der Waals surface area contributed by atoms with Crippen molar-refractivity contribution >= 4 is 0 Å². The van der Waals surface area contributed by atoms with E-state index in [0.717, 1.165) is 38.7 Å². The molecular weight excluding hydrogens is 368 g/mol. The Bertz CT molecular complexity index is 601. The molecule has 2 aliphatic heterocycles. The van der Waals surface area contributed by atoms with Crippen molar-refractivity contribution in [1.82, 2.24) is 0 Å². The zero-order chi connectivity index (χ0) is 20.7. The molecule has 2 aliphatic rings. The zero-order valence-electron chi connectivity index (χ0n) is 18.5. The van der Waals surface area contributed by atoms with E-state index in [9.17, 15) is 0 Å². The Morgan fingerprint density at radius 1 is 0.897 bits per heavy atom. The van der Waals surface area contributed by atoms with Crippen molar-refractivity contribution in [2.45, 2.75) is 90.2 Å².